The number of thiophene rings is 1. The molecule has 0 aromatic carbocycles. The molecule has 1 N–H and O–H groups in total. The third kappa shape index (κ3) is 2.08. The average molecular weight is 261 g/mol. The summed E-state index contributed by atoms with van der Waals surface area (Å²) < 4.78 is 5.00. The predicted molar refractivity (Wildman–Crippen MR) is 70.7 cm³/mol. The Morgan fingerprint density at radius 1 is 1.44 bits per heavy atom. The highest BCUT2D eigenvalue weighted by Crippen LogP contribution is 2.50. The van der Waals surface area contributed by atoms with E-state index in [0.29, 0.717) is 6.54 Å². The van der Waals surface area contributed by atoms with E-state index in [1.165, 1.54) is 4.88 Å². The second-order valence-electron chi connectivity index (χ2n) is 4.70. The molecule has 0 aliphatic heterocycles. The molecule has 1 saturated carbocycles. The highest BCUT2D eigenvalue weighted by Gasteiger charge is 2.51. The van der Waals surface area contributed by atoms with Crippen LogP contribution in [0.5, 0.6) is 0 Å². The number of nitrogens with one attached hydrogen (secondary N) is 1. The zero-order valence-corrected chi connectivity index (χ0v) is 10.8. The van der Waals surface area contributed by atoms with Gasteiger partial charge in [-0.15, -0.1) is 11.3 Å². The Bertz CT molecular complexity index is 512. The fourth-order valence-electron chi connectivity index (χ4n) is 2.19. The molecule has 1 aliphatic rings. The molecule has 2 heterocycles. The van der Waals surface area contributed by atoms with E-state index in [9.17, 15) is 4.79 Å². The molecule has 3 nitrogen and oxygen atoms in total. The van der Waals surface area contributed by atoms with Gasteiger partial charge in [0.2, 0.25) is 5.91 Å². The lowest BCUT2D eigenvalue weighted by molar-refractivity contribution is -0.123. The molecule has 4 heteroatoms. The number of furan rings is 1. The standard InChI is InChI=1S/C14H15NO2S/c16-13(15-7-3-11-4-8-17-10-11)14(5-6-14)12-2-1-9-18-12/h1-2,4,8-10H,3,5-7H2,(H,15,16). The van der Waals surface area contributed by atoms with Gasteiger partial charge in [0, 0.05) is 11.4 Å². The summed E-state index contributed by atoms with van der Waals surface area (Å²) in [6, 6.07) is 6.00. The molecule has 1 aliphatic carbocycles. The van der Waals surface area contributed by atoms with Crippen molar-refractivity contribution >= 4 is 17.2 Å². The summed E-state index contributed by atoms with van der Waals surface area (Å²) in [5.74, 6) is 0.174. The molecule has 1 amide bonds. The largest absolute Gasteiger partial charge is 0.472 e. The van der Waals surface area contributed by atoms with E-state index in [2.05, 4.69) is 11.4 Å². The molecule has 3 rings (SSSR count). The van der Waals surface area contributed by atoms with Crippen molar-refractivity contribution in [3.63, 3.8) is 0 Å². The van der Waals surface area contributed by atoms with Gasteiger partial charge in [-0.1, -0.05) is 6.07 Å². The van der Waals surface area contributed by atoms with Gasteiger partial charge in [0.1, 0.15) is 0 Å². The van der Waals surface area contributed by atoms with Crippen LogP contribution in [0.1, 0.15) is 23.3 Å². The summed E-state index contributed by atoms with van der Waals surface area (Å²) in [5.41, 5.74) is 0.904. The molecule has 2 aromatic rings. The minimum atomic E-state index is -0.218. The number of carbonyl (C=O) groups is 1. The highest BCUT2D eigenvalue weighted by atomic mass is 32.1. The van der Waals surface area contributed by atoms with Gasteiger partial charge in [0.15, 0.2) is 0 Å². The Hall–Kier alpha value is -1.55. The molecule has 2 aromatic heterocycles. The SMILES string of the molecule is O=C(NCCc1ccoc1)C1(c2cccs2)CC1. The van der Waals surface area contributed by atoms with Gasteiger partial charge in [-0.25, -0.2) is 0 Å². The van der Waals surface area contributed by atoms with Crippen LogP contribution in [0.15, 0.2) is 40.5 Å². The van der Waals surface area contributed by atoms with Crippen molar-refractivity contribution in [1.29, 1.82) is 0 Å². The van der Waals surface area contributed by atoms with Crippen LogP contribution < -0.4 is 5.32 Å². The first-order valence-electron chi connectivity index (χ1n) is 6.15. The zero-order chi connectivity index (χ0) is 12.4. The molecule has 0 spiro atoms. The fraction of sp³-hybridized carbons (Fsp3) is 0.357. The van der Waals surface area contributed by atoms with Crippen LogP contribution in [0.3, 0.4) is 0 Å². The molecule has 0 bridgehead atoms. The van der Waals surface area contributed by atoms with E-state index in [-0.39, 0.29) is 11.3 Å². The molecule has 0 atom stereocenters. The summed E-state index contributed by atoms with van der Waals surface area (Å²) in [7, 11) is 0. The minimum absolute atomic E-state index is 0.174. The predicted octanol–water partition coefficient (Wildman–Crippen LogP) is 2.73. The Balaban J connectivity index is 1.56. The maximum Gasteiger partial charge on any atom is 0.231 e. The first-order chi connectivity index (χ1) is 8.81. The minimum Gasteiger partial charge on any atom is -0.472 e. The Kier molecular flexibility index (Phi) is 2.96. The average Bonchev–Trinajstić information content (AvgIpc) is 2.85. The quantitative estimate of drug-likeness (QED) is 0.899. The lowest BCUT2D eigenvalue weighted by Gasteiger charge is -2.13. The van der Waals surface area contributed by atoms with Crippen molar-refractivity contribution in [2.45, 2.75) is 24.7 Å². The Morgan fingerprint density at radius 2 is 2.33 bits per heavy atom. The Morgan fingerprint density at radius 3 is 2.94 bits per heavy atom. The fourth-order valence-corrected chi connectivity index (χ4v) is 3.17. The van der Waals surface area contributed by atoms with E-state index < -0.39 is 0 Å². The number of amides is 1. The third-order valence-electron chi connectivity index (χ3n) is 3.46. The smallest absolute Gasteiger partial charge is 0.231 e. The van der Waals surface area contributed by atoms with Crippen LogP contribution in [0.4, 0.5) is 0 Å². The van der Waals surface area contributed by atoms with E-state index in [4.69, 9.17) is 4.42 Å². The summed E-state index contributed by atoms with van der Waals surface area (Å²) in [4.78, 5) is 13.4. The van der Waals surface area contributed by atoms with E-state index >= 15 is 0 Å². The van der Waals surface area contributed by atoms with Crippen LogP contribution in [-0.4, -0.2) is 12.5 Å². The molecule has 0 saturated heterocycles. The number of rotatable bonds is 5. The van der Waals surface area contributed by atoms with Crippen molar-refractivity contribution in [3.05, 3.63) is 46.5 Å². The zero-order valence-electron chi connectivity index (χ0n) is 10.0. The number of hydrogen-bond acceptors (Lipinski definition) is 3. The second-order valence-corrected chi connectivity index (χ2v) is 5.64. The summed E-state index contributed by atoms with van der Waals surface area (Å²) in [6.07, 6.45) is 6.16. The molecule has 0 radical (unpaired) electrons. The first-order valence-corrected chi connectivity index (χ1v) is 7.03. The maximum atomic E-state index is 12.2. The van der Waals surface area contributed by atoms with E-state index in [1.54, 1.807) is 23.9 Å². The highest BCUT2D eigenvalue weighted by molar-refractivity contribution is 7.10. The van der Waals surface area contributed by atoms with Crippen molar-refractivity contribution in [3.8, 4) is 0 Å². The van der Waals surface area contributed by atoms with Crippen LogP contribution >= 0.6 is 11.3 Å². The van der Waals surface area contributed by atoms with Gasteiger partial charge < -0.3 is 9.73 Å². The summed E-state index contributed by atoms with van der Waals surface area (Å²) >= 11 is 1.68. The van der Waals surface area contributed by atoms with Gasteiger partial charge in [-0.2, -0.15) is 0 Å². The van der Waals surface area contributed by atoms with Crippen LogP contribution in [0, 0.1) is 0 Å². The van der Waals surface area contributed by atoms with Gasteiger partial charge in [0.25, 0.3) is 0 Å². The lowest BCUT2D eigenvalue weighted by atomic mass is 10.0. The summed E-state index contributed by atoms with van der Waals surface area (Å²) in [5, 5.41) is 5.07. The molecule has 18 heavy (non-hydrogen) atoms. The van der Waals surface area contributed by atoms with Gasteiger partial charge in [0.05, 0.1) is 17.9 Å². The summed E-state index contributed by atoms with van der Waals surface area (Å²) in [6.45, 7) is 0.672. The molecular formula is C14H15NO2S. The van der Waals surface area contributed by atoms with Crippen LogP contribution in [0.2, 0.25) is 0 Å². The lowest BCUT2D eigenvalue weighted by Crippen LogP contribution is -2.35. The van der Waals surface area contributed by atoms with Crippen molar-refractivity contribution in [1.82, 2.24) is 5.32 Å². The molecule has 94 valence electrons. The topological polar surface area (TPSA) is 42.2 Å². The maximum absolute atomic E-state index is 12.2. The van der Waals surface area contributed by atoms with Crippen molar-refractivity contribution in [2.75, 3.05) is 6.54 Å². The number of carbonyl (C=O) groups excluding carboxylic acids is 1. The molecule has 0 unspecified atom stereocenters. The van der Waals surface area contributed by atoms with Crippen molar-refractivity contribution < 1.29 is 9.21 Å². The van der Waals surface area contributed by atoms with Crippen LogP contribution in [-0.2, 0) is 16.6 Å². The van der Waals surface area contributed by atoms with Gasteiger partial charge in [-0.05, 0) is 42.3 Å². The van der Waals surface area contributed by atoms with Gasteiger partial charge >= 0.3 is 0 Å². The van der Waals surface area contributed by atoms with Crippen molar-refractivity contribution in [2.24, 2.45) is 0 Å². The number of hydrogen-bond donors (Lipinski definition) is 1. The Labute approximate surface area is 110 Å². The van der Waals surface area contributed by atoms with E-state index in [0.717, 1.165) is 24.8 Å². The first kappa shape index (κ1) is 11.5. The van der Waals surface area contributed by atoms with E-state index in [1.807, 2.05) is 17.5 Å². The van der Waals surface area contributed by atoms with Gasteiger partial charge in [-0.3, -0.25) is 4.79 Å². The monoisotopic (exact) mass is 261 g/mol. The molecule has 1 fully saturated rings. The third-order valence-corrected chi connectivity index (χ3v) is 4.53. The second kappa shape index (κ2) is 4.61. The molecular weight excluding hydrogens is 246 g/mol. The normalized spacial score (nSPS) is 16.4. The van der Waals surface area contributed by atoms with Crippen LogP contribution in [0.25, 0.3) is 0 Å².